The molecule has 1 unspecified atom stereocenters. The third-order valence-electron chi connectivity index (χ3n) is 3.85. The van der Waals surface area contributed by atoms with Gasteiger partial charge in [0.2, 0.25) is 0 Å². The van der Waals surface area contributed by atoms with Crippen LogP contribution in [0.25, 0.3) is 0 Å². The monoisotopic (exact) mass is 484 g/mol. The summed E-state index contributed by atoms with van der Waals surface area (Å²) >= 11 is 0. The maximum Gasteiger partial charge on any atom is 0.325 e. The minimum Gasteiger partial charge on any atom is -0.459 e. The standard InChI is InChI=1S/C18H36N4O3.HI/c1-14(2)11-15(22-7-9-24-10-8-22)12-20-17(19-6)21-13-16(23)25-18(3,4)5;/h14-15H,7-13H2,1-6H3,(H2,19,20,21);1H. The van der Waals surface area contributed by atoms with E-state index >= 15 is 0 Å². The largest absolute Gasteiger partial charge is 0.459 e. The van der Waals surface area contributed by atoms with Crippen molar-refractivity contribution in [3.63, 3.8) is 0 Å². The summed E-state index contributed by atoms with van der Waals surface area (Å²) in [4.78, 5) is 18.5. The minimum atomic E-state index is -0.478. The van der Waals surface area contributed by atoms with Crippen LogP contribution in [0.4, 0.5) is 0 Å². The SMILES string of the molecule is CN=C(NCC(=O)OC(C)(C)C)NCC(CC(C)C)N1CCOCC1.I. The fourth-order valence-electron chi connectivity index (χ4n) is 2.82. The summed E-state index contributed by atoms with van der Waals surface area (Å²) in [6.07, 6.45) is 1.11. The molecule has 26 heavy (non-hydrogen) atoms. The zero-order chi connectivity index (χ0) is 18.9. The Morgan fingerprint density at radius 1 is 1.23 bits per heavy atom. The molecule has 0 spiro atoms. The number of aliphatic imine (C=N–C) groups is 1. The van der Waals surface area contributed by atoms with Crippen molar-refractivity contribution in [2.75, 3.05) is 46.4 Å². The quantitative estimate of drug-likeness (QED) is 0.249. The van der Waals surface area contributed by atoms with E-state index in [0.717, 1.165) is 39.3 Å². The van der Waals surface area contributed by atoms with Crippen LogP contribution in [0.2, 0.25) is 0 Å². The summed E-state index contributed by atoms with van der Waals surface area (Å²) in [5, 5.41) is 6.36. The van der Waals surface area contributed by atoms with Gasteiger partial charge >= 0.3 is 5.97 Å². The topological polar surface area (TPSA) is 75.2 Å². The number of guanidine groups is 1. The summed E-state index contributed by atoms with van der Waals surface area (Å²) in [5.41, 5.74) is -0.478. The van der Waals surface area contributed by atoms with Crippen LogP contribution in [0.15, 0.2) is 4.99 Å². The molecule has 1 saturated heterocycles. The first-order valence-electron chi connectivity index (χ1n) is 9.19. The number of hydrogen-bond donors (Lipinski definition) is 2. The number of halogens is 1. The van der Waals surface area contributed by atoms with E-state index < -0.39 is 5.60 Å². The van der Waals surface area contributed by atoms with Gasteiger partial charge in [0, 0.05) is 32.7 Å². The Balaban J connectivity index is 0.00000625. The molecule has 154 valence electrons. The van der Waals surface area contributed by atoms with Crippen molar-refractivity contribution in [1.29, 1.82) is 0 Å². The third-order valence-corrected chi connectivity index (χ3v) is 3.85. The van der Waals surface area contributed by atoms with Gasteiger partial charge in [0.05, 0.1) is 13.2 Å². The van der Waals surface area contributed by atoms with Crippen molar-refractivity contribution < 1.29 is 14.3 Å². The van der Waals surface area contributed by atoms with Crippen molar-refractivity contribution in [1.82, 2.24) is 15.5 Å². The third kappa shape index (κ3) is 11.2. The molecule has 1 aliphatic heterocycles. The molecule has 0 aromatic rings. The number of nitrogens with one attached hydrogen (secondary N) is 2. The average molecular weight is 484 g/mol. The molecule has 0 aliphatic carbocycles. The lowest BCUT2D eigenvalue weighted by molar-refractivity contribution is -0.153. The maximum atomic E-state index is 11.8. The van der Waals surface area contributed by atoms with Crippen molar-refractivity contribution >= 4 is 35.9 Å². The Hall–Kier alpha value is -0.610. The molecule has 0 saturated carbocycles. The molecule has 0 aromatic heterocycles. The molecule has 0 bridgehead atoms. The Kier molecular flexibility index (Phi) is 12.4. The van der Waals surface area contributed by atoms with E-state index in [2.05, 4.69) is 34.4 Å². The molecular formula is C18H37IN4O3. The molecule has 1 rings (SSSR count). The molecule has 0 amide bonds. The summed E-state index contributed by atoms with van der Waals surface area (Å²) < 4.78 is 10.8. The number of nitrogens with zero attached hydrogens (tertiary/aromatic N) is 2. The smallest absolute Gasteiger partial charge is 0.325 e. The zero-order valence-electron chi connectivity index (χ0n) is 17.1. The molecular weight excluding hydrogens is 447 g/mol. The highest BCUT2D eigenvalue weighted by Gasteiger charge is 2.22. The van der Waals surface area contributed by atoms with E-state index in [9.17, 15) is 4.79 Å². The number of morpholine rings is 1. The summed E-state index contributed by atoms with van der Waals surface area (Å²) in [6, 6.07) is 0.420. The number of hydrogen-bond acceptors (Lipinski definition) is 5. The van der Waals surface area contributed by atoms with Crippen LogP contribution >= 0.6 is 24.0 Å². The van der Waals surface area contributed by atoms with Gasteiger partial charge in [0.1, 0.15) is 12.1 Å². The van der Waals surface area contributed by atoms with Gasteiger partial charge in [-0.1, -0.05) is 13.8 Å². The average Bonchev–Trinajstić information content (AvgIpc) is 2.52. The zero-order valence-corrected chi connectivity index (χ0v) is 19.5. The van der Waals surface area contributed by atoms with Crippen molar-refractivity contribution in [3.05, 3.63) is 0 Å². The normalized spacial score (nSPS) is 17.4. The lowest BCUT2D eigenvalue weighted by Gasteiger charge is -2.35. The van der Waals surface area contributed by atoms with E-state index in [4.69, 9.17) is 9.47 Å². The molecule has 2 N–H and O–H groups in total. The molecule has 7 nitrogen and oxygen atoms in total. The second-order valence-corrected chi connectivity index (χ2v) is 7.82. The molecule has 1 fully saturated rings. The van der Waals surface area contributed by atoms with Gasteiger partial charge in [-0.3, -0.25) is 14.7 Å². The van der Waals surface area contributed by atoms with Gasteiger partial charge < -0.3 is 20.1 Å². The van der Waals surface area contributed by atoms with Gasteiger partial charge in [-0.15, -0.1) is 24.0 Å². The summed E-state index contributed by atoms with van der Waals surface area (Å²) in [7, 11) is 1.70. The first kappa shape index (κ1) is 25.4. The van der Waals surface area contributed by atoms with Gasteiger partial charge in [-0.05, 0) is 33.1 Å². The molecule has 1 heterocycles. The van der Waals surface area contributed by atoms with E-state index in [-0.39, 0.29) is 36.5 Å². The fourth-order valence-corrected chi connectivity index (χ4v) is 2.82. The predicted octanol–water partition coefficient (Wildman–Crippen LogP) is 1.86. The maximum absolute atomic E-state index is 11.8. The van der Waals surface area contributed by atoms with Crippen molar-refractivity contribution in [3.8, 4) is 0 Å². The van der Waals surface area contributed by atoms with Crippen LogP contribution in [0.5, 0.6) is 0 Å². The molecule has 1 atom stereocenters. The van der Waals surface area contributed by atoms with Gasteiger partial charge in [0.25, 0.3) is 0 Å². The Labute approximate surface area is 175 Å². The predicted molar refractivity (Wildman–Crippen MR) is 116 cm³/mol. The number of carbonyl (C=O) groups is 1. The van der Waals surface area contributed by atoms with Crippen molar-refractivity contribution in [2.45, 2.75) is 52.7 Å². The second kappa shape index (κ2) is 12.7. The number of esters is 1. The Morgan fingerprint density at radius 2 is 1.85 bits per heavy atom. The lowest BCUT2D eigenvalue weighted by Crippen LogP contribution is -2.51. The minimum absolute atomic E-state index is 0. The summed E-state index contributed by atoms with van der Waals surface area (Å²) in [6.45, 7) is 14.4. The number of carbonyl (C=O) groups excluding carboxylic acids is 1. The first-order valence-corrected chi connectivity index (χ1v) is 9.19. The second-order valence-electron chi connectivity index (χ2n) is 7.82. The highest BCUT2D eigenvalue weighted by atomic mass is 127. The molecule has 0 radical (unpaired) electrons. The fraction of sp³-hybridized carbons (Fsp3) is 0.889. The van der Waals surface area contributed by atoms with E-state index in [0.29, 0.717) is 17.9 Å². The Morgan fingerprint density at radius 3 is 2.35 bits per heavy atom. The van der Waals surface area contributed by atoms with Gasteiger partial charge in [0.15, 0.2) is 5.96 Å². The molecule has 0 aromatic carbocycles. The summed E-state index contributed by atoms with van der Waals surface area (Å²) in [5.74, 6) is 0.946. The van der Waals surface area contributed by atoms with Crippen LogP contribution in [0.3, 0.4) is 0 Å². The first-order chi connectivity index (χ1) is 11.7. The van der Waals surface area contributed by atoms with Crippen LogP contribution in [0, 0.1) is 5.92 Å². The highest BCUT2D eigenvalue weighted by Crippen LogP contribution is 2.13. The van der Waals surface area contributed by atoms with Crippen LogP contribution in [0.1, 0.15) is 41.0 Å². The lowest BCUT2D eigenvalue weighted by atomic mass is 10.0. The van der Waals surface area contributed by atoms with Crippen molar-refractivity contribution in [2.24, 2.45) is 10.9 Å². The molecule has 8 heteroatoms. The number of ether oxygens (including phenoxy) is 2. The van der Waals surface area contributed by atoms with E-state index in [1.807, 2.05) is 20.8 Å². The van der Waals surface area contributed by atoms with Gasteiger partial charge in [-0.2, -0.15) is 0 Å². The van der Waals surface area contributed by atoms with Crippen LogP contribution < -0.4 is 10.6 Å². The number of rotatable bonds is 7. The van der Waals surface area contributed by atoms with Crippen LogP contribution in [-0.4, -0.2) is 74.9 Å². The van der Waals surface area contributed by atoms with E-state index in [1.54, 1.807) is 7.05 Å². The van der Waals surface area contributed by atoms with Gasteiger partial charge in [-0.25, -0.2) is 0 Å². The van der Waals surface area contributed by atoms with Crippen LogP contribution in [-0.2, 0) is 14.3 Å². The van der Waals surface area contributed by atoms with E-state index in [1.165, 1.54) is 0 Å². The molecule has 1 aliphatic rings. The Bertz CT molecular complexity index is 433. The highest BCUT2D eigenvalue weighted by molar-refractivity contribution is 14.0.